The van der Waals surface area contributed by atoms with Crippen molar-refractivity contribution < 1.29 is 14.3 Å². The molecule has 2 aliphatic rings. The Morgan fingerprint density at radius 1 is 1.00 bits per heavy atom. The first-order valence-corrected chi connectivity index (χ1v) is 11.1. The van der Waals surface area contributed by atoms with Crippen LogP contribution in [-0.2, 0) is 0 Å². The number of ketones is 1. The lowest BCUT2D eigenvalue weighted by molar-refractivity contribution is 0.0811. The maximum absolute atomic E-state index is 12.7. The van der Waals surface area contributed by atoms with Crippen molar-refractivity contribution in [2.75, 3.05) is 33.9 Å². The van der Waals surface area contributed by atoms with Gasteiger partial charge in [0, 0.05) is 19.0 Å². The molecule has 4 rings (SSSR count). The minimum atomic E-state index is 0.138. The van der Waals surface area contributed by atoms with Crippen molar-refractivity contribution in [3.8, 4) is 11.5 Å². The number of piperidine rings is 1. The van der Waals surface area contributed by atoms with E-state index in [0.29, 0.717) is 5.75 Å². The van der Waals surface area contributed by atoms with Gasteiger partial charge in [0.2, 0.25) is 0 Å². The Morgan fingerprint density at radius 3 is 2.28 bits per heavy atom. The van der Waals surface area contributed by atoms with Gasteiger partial charge in [0.15, 0.2) is 5.78 Å². The highest BCUT2D eigenvalue weighted by atomic mass is 79.9. The summed E-state index contributed by atoms with van der Waals surface area (Å²) in [6.07, 6.45) is 4.90. The van der Waals surface area contributed by atoms with Gasteiger partial charge in [0.1, 0.15) is 11.5 Å². The molecule has 0 N–H and O–H groups in total. The lowest BCUT2D eigenvalue weighted by atomic mass is 9.89. The largest absolute Gasteiger partial charge is 0.496 e. The lowest BCUT2D eigenvalue weighted by Crippen LogP contribution is -2.39. The van der Waals surface area contributed by atoms with Crippen LogP contribution in [0.2, 0.25) is 0 Å². The Hall–Kier alpha value is -1.85. The van der Waals surface area contributed by atoms with Crippen LogP contribution in [0.5, 0.6) is 11.5 Å². The molecule has 1 aliphatic heterocycles. The number of ether oxygens (including phenoxy) is 2. The molecule has 2 aromatic rings. The molecule has 0 spiro atoms. The van der Waals surface area contributed by atoms with Gasteiger partial charge in [-0.3, -0.25) is 4.79 Å². The van der Waals surface area contributed by atoms with Crippen LogP contribution < -0.4 is 9.47 Å². The molecular formula is C24H30BrNO3. The van der Waals surface area contributed by atoms with E-state index in [1.807, 2.05) is 48.5 Å². The molecule has 5 heteroatoms. The summed E-state index contributed by atoms with van der Waals surface area (Å²) in [6.45, 7) is 3.27. The van der Waals surface area contributed by atoms with E-state index >= 15 is 0 Å². The molecule has 0 aromatic heterocycles. The van der Waals surface area contributed by atoms with Crippen LogP contribution in [0, 0.1) is 11.8 Å². The van der Waals surface area contributed by atoms with Gasteiger partial charge in [-0.2, -0.15) is 0 Å². The fourth-order valence-electron chi connectivity index (χ4n) is 3.78. The highest BCUT2D eigenvalue weighted by Gasteiger charge is 2.31. The van der Waals surface area contributed by atoms with Crippen LogP contribution in [0.3, 0.4) is 0 Å². The molecule has 4 nitrogen and oxygen atoms in total. The number of methoxy groups -OCH3 is 2. The quantitative estimate of drug-likeness (QED) is 0.537. The summed E-state index contributed by atoms with van der Waals surface area (Å²) < 4.78 is 11.3. The topological polar surface area (TPSA) is 38.8 Å². The molecule has 29 heavy (non-hydrogen) atoms. The summed E-state index contributed by atoms with van der Waals surface area (Å²) in [7, 11) is 3.28. The van der Waals surface area contributed by atoms with Gasteiger partial charge in [-0.05, 0) is 78.3 Å². The van der Waals surface area contributed by atoms with E-state index in [1.54, 1.807) is 14.2 Å². The number of hydrogen-bond acceptors (Lipinski definition) is 4. The van der Waals surface area contributed by atoms with Crippen LogP contribution in [0.4, 0.5) is 0 Å². The molecule has 2 aromatic carbocycles. The number of hydrogen-bond donors (Lipinski definition) is 0. The number of nitrogens with zero attached hydrogens (tertiary/aromatic N) is 1. The van der Waals surface area contributed by atoms with Gasteiger partial charge in [-0.1, -0.05) is 24.3 Å². The summed E-state index contributed by atoms with van der Waals surface area (Å²) in [5, 5.41) is 0. The molecular weight excluding hydrogens is 430 g/mol. The first-order chi connectivity index (χ1) is 14.1. The van der Waals surface area contributed by atoms with E-state index in [0.717, 1.165) is 47.6 Å². The number of benzene rings is 2. The predicted octanol–water partition coefficient (Wildman–Crippen LogP) is 5.46. The van der Waals surface area contributed by atoms with Crippen molar-refractivity contribution in [2.45, 2.75) is 25.7 Å². The van der Waals surface area contributed by atoms with Gasteiger partial charge in [0.25, 0.3) is 0 Å². The van der Waals surface area contributed by atoms with Crippen molar-refractivity contribution in [2.24, 2.45) is 11.8 Å². The van der Waals surface area contributed by atoms with E-state index in [4.69, 9.17) is 9.47 Å². The lowest BCUT2D eigenvalue weighted by Gasteiger charge is -2.32. The van der Waals surface area contributed by atoms with E-state index in [1.165, 1.54) is 19.4 Å². The molecule has 0 amide bonds. The van der Waals surface area contributed by atoms with Crippen LogP contribution in [0.1, 0.15) is 36.0 Å². The van der Waals surface area contributed by atoms with Gasteiger partial charge in [0.05, 0.1) is 24.3 Å². The zero-order chi connectivity index (χ0) is 20.6. The van der Waals surface area contributed by atoms with Crippen molar-refractivity contribution in [3.63, 3.8) is 0 Å². The maximum atomic E-state index is 12.7. The third-order valence-corrected chi connectivity index (χ3v) is 6.17. The van der Waals surface area contributed by atoms with Crippen molar-refractivity contribution in [1.29, 1.82) is 0 Å². The Labute approximate surface area is 182 Å². The summed E-state index contributed by atoms with van der Waals surface area (Å²) in [4.78, 5) is 15.2. The molecule has 156 valence electrons. The maximum Gasteiger partial charge on any atom is 0.170 e. The summed E-state index contributed by atoms with van der Waals surface area (Å²) in [5.74, 6) is 2.87. The van der Waals surface area contributed by atoms with Gasteiger partial charge < -0.3 is 14.4 Å². The normalized spacial score (nSPS) is 19.1. The highest BCUT2D eigenvalue weighted by Crippen LogP contribution is 2.32. The summed E-state index contributed by atoms with van der Waals surface area (Å²) in [6, 6.07) is 15.3. The Bertz CT molecular complexity index is 806. The average Bonchev–Trinajstić information content (AvgIpc) is 3.58. The van der Waals surface area contributed by atoms with Crippen molar-refractivity contribution >= 4 is 21.7 Å². The Morgan fingerprint density at radius 2 is 1.66 bits per heavy atom. The number of Topliss-reactive ketones (excluding diaryl/α,β-unsaturated/α-hetero) is 1. The van der Waals surface area contributed by atoms with Crippen molar-refractivity contribution in [1.82, 2.24) is 4.90 Å². The molecule has 0 bridgehead atoms. The van der Waals surface area contributed by atoms with E-state index in [9.17, 15) is 4.79 Å². The molecule has 1 atom stereocenters. The molecule has 0 radical (unpaired) electrons. The average molecular weight is 460 g/mol. The molecule has 2 fully saturated rings. The fraction of sp³-hybridized carbons (Fsp3) is 0.458. The second kappa shape index (κ2) is 10.8. The fourth-order valence-corrected chi connectivity index (χ4v) is 4.23. The van der Waals surface area contributed by atoms with Crippen LogP contribution in [0.15, 0.2) is 53.0 Å². The zero-order valence-corrected chi connectivity index (χ0v) is 18.9. The van der Waals surface area contributed by atoms with E-state index in [2.05, 4.69) is 20.8 Å². The number of likely N-dealkylation sites (tertiary alicyclic amines) is 1. The number of carbonyl (C=O) groups is 1. The highest BCUT2D eigenvalue weighted by molar-refractivity contribution is 9.10. The van der Waals surface area contributed by atoms with Gasteiger partial charge in [-0.25, -0.2) is 0 Å². The number of para-hydroxylation sites is 2. The third kappa shape index (κ3) is 6.31. The molecule has 1 aliphatic carbocycles. The number of rotatable bonds is 6. The number of halogens is 1. The van der Waals surface area contributed by atoms with Crippen LogP contribution >= 0.6 is 15.9 Å². The van der Waals surface area contributed by atoms with E-state index < -0.39 is 0 Å². The van der Waals surface area contributed by atoms with E-state index in [-0.39, 0.29) is 11.7 Å². The second-order valence-electron chi connectivity index (χ2n) is 7.74. The second-order valence-corrected chi connectivity index (χ2v) is 8.60. The monoisotopic (exact) mass is 459 g/mol. The van der Waals surface area contributed by atoms with Crippen molar-refractivity contribution in [3.05, 3.63) is 58.6 Å². The SMILES string of the molecule is COc1ccccc1Br.COc1ccccc1C(=O)C1CCCN(CC2CC2)C1. The van der Waals surface area contributed by atoms with Gasteiger partial charge in [-0.15, -0.1) is 0 Å². The molecule has 1 saturated carbocycles. The van der Waals surface area contributed by atoms with Crippen LogP contribution in [-0.4, -0.2) is 44.5 Å². The predicted molar refractivity (Wildman–Crippen MR) is 120 cm³/mol. The summed E-state index contributed by atoms with van der Waals surface area (Å²) >= 11 is 3.33. The molecule has 1 heterocycles. The standard InChI is InChI=1S/C17H23NO2.C7H7BrO/c1-20-16-7-3-2-6-15(16)17(19)14-5-4-10-18(12-14)11-13-8-9-13;1-9-7-5-3-2-4-6(7)8/h2-3,6-7,13-14H,4-5,8-12H2,1H3;2-5H,1H3. The minimum Gasteiger partial charge on any atom is -0.496 e. The molecule has 1 unspecified atom stereocenters. The minimum absolute atomic E-state index is 0.138. The zero-order valence-electron chi connectivity index (χ0n) is 17.3. The van der Waals surface area contributed by atoms with Crippen LogP contribution in [0.25, 0.3) is 0 Å². The third-order valence-electron chi connectivity index (χ3n) is 5.52. The first kappa shape index (κ1) is 21.8. The van der Waals surface area contributed by atoms with Gasteiger partial charge >= 0.3 is 0 Å². The smallest absolute Gasteiger partial charge is 0.170 e. The Kier molecular flexibility index (Phi) is 8.13. The molecule has 1 saturated heterocycles. The first-order valence-electron chi connectivity index (χ1n) is 10.3. The number of carbonyl (C=O) groups excluding carboxylic acids is 1. The summed E-state index contributed by atoms with van der Waals surface area (Å²) in [5.41, 5.74) is 0.744. The Balaban J connectivity index is 0.000000224.